The Kier molecular flexibility index (Phi) is 2.24. The van der Waals surface area contributed by atoms with Crippen LogP contribution >= 0.6 is 15.9 Å². The van der Waals surface area contributed by atoms with Crippen LogP contribution < -0.4 is 0 Å². The smallest absolute Gasteiger partial charge is 0.137 e. The highest BCUT2D eigenvalue weighted by atomic mass is 79.9. The van der Waals surface area contributed by atoms with Crippen molar-refractivity contribution in [2.24, 2.45) is 5.92 Å². The van der Waals surface area contributed by atoms with Crippen LogP contribution in [-0.4, -0.2) is 0 Å². The number of rotatable bonds is 2. The van der Waals surface area contributed by atoms with Gasteiger partial charge in [-0.3, -0.25) is 0 Å². The fourth-order valence-corrected chi connectivity index (χ4v) is 1.85. The Morgan fingerprint density at radius 3 is 2.85 bits per heavy atom. The average Bonchev–Trinajstić information content (AvgIpc) is 2.88. The van der Waals surface area contributed by atoms with Crippen LogP contribution in [0.1, 0.15) is 17.9 Å². The van der Waals surface area contributed by atoms with Crippen molar-refractivity contribution in [3.8, 4) is 0 Å². The Hall–Kier alpha value is -0.630. The molecule has 0 nitrogen and oxygen atoms in total. The van der Waals surface area contributed by atoms with Crippen LogP contribution in [0, 0.1) is 11.7 Å². The molecule has 1 aromatic rings. The van der Waals surface area contributed by atoms with Gasteiger partial charge in [0.25, 0.3) is 0 Å². The first kappa shape index (κ1) is 8.95. The van der Waals surface area contributed by atoms with Crippen molar-refractivity contribution in [2.75, 3.05) is 0 Å². The lowest BCUT2D eigenvalue weighted by Crippen LogP contribution is -1.84. The van der Waals surface area contributed by atoms with E-state index in [1.54, 1.807) is 12.1 Å². The zero-order chi connectivity index (χ0) is 9.42. The van der Waals surface area contributed by atoms with E-state index in [2.05, 4.69) is 22.5 Å². The van der Waals surface area contributed by atoms with E-state index in [-0.39, 0.29) is 5.82 Å². The van der Waals surface area contributed by atoms with E-state index in [0.717, 1.165) is 12.0 Å². The van der Waals surface area contributed by atoms with E-state index < -0.39 is 0 Å². The highest BCUT2D eigenvalue weighted by molar-refractivity contribution is 9.10. The molecule has 68 valence electrons. The first-order chi connectivity index (χ1) is 6.22. The first-order valence-corrected chi connectivity index (χ1v) is 5.09. The van der Waals surface area contributed by atoms with Crippen LogP contribution in [0.25, 0.3) is 0 Å². The number of benzene rings is 1. The standard InChI is InChI=1S/C11H10BrF/c1-2-7-5-9(7)8-3-4-10(12)11(13)6-8/h2-4,6-7,9H,1,5H2/t7-,9-/m0/s1. The summed E-state index contributed by atoms with van der Waals surface area (Å²) in [7, 11) is 0. The summed E-state index contributed by atoms with van der Waals surface area (Å²) >= 11 is 3.14. The minimum absolute atomic E-state index is 0.174. The number of hydrogen-bond acceptors (Lipinski definition) is 0. The Bertz CT molecular complexity index is 346. The third-order valence-electron chi connectivity index (χ3n) is 2.51. The fraction of sp³-hybridized carbons (Fsp3) is 0.273. The molecule has 2 atom stereocenters. The molecule has 1 aliphatic carbocycles. The van der Waals surface area contributed by atoms with Crippen LogP contribution in [-0.2, 0) is 0 Å². The maximum absolute atomic E-state index is 13.1. The van der Waals surface area contributed by atoms with Gasteiger partial charge in [0.2, 0.25) is 0 Å². The first-order valence-electron chi connectivity index (χ1n) is 4.30. The van der Waals surface area contributed by atoms with E-state index in [1.807, 2.05) is 12.1 Å². The van der Waals surface area contributed by atoms with E-state index >= 15 is 0 Å². The van der Waals surface area contributed by atoms with Gasteiger partial charge in [-0.05, 0) is 51.9 Å². The molecule has 0 unspecified atom stereocenters. The normalized spacial score (nSPS) is 25.7. The van der Waals surface area contributed by atoms with Gasteiger partial charge in [-0.25, -0.2) is 4.39 Å². The van der Waals surface area contributed by atoms with Crippen LogP contribution in [0.3, 0.4) is 0 Å². The van der Waals surface area contributed by atoms with Crippen LogP contribution in [0.2, 0.25) is 0 Å². The van der Waals surface area contributed by atoms with E-state index in [0.29, 0.717) is 16.3 Å². The molecule has 1 aromatic carbocycles. The average molecular weight is 241 g/mol. The molecule has 1 aliphatic rings. The van der Waals surface area contributed by atoms with Gasteiger partial charge >= 0.3 is 0 Å². The molecule has 2 heteroatoms. The Labute approximate surface area is 85.6 Å². The van der Waals surface area contributed by atoms with Gasteiger partial charge in [-0.2, -0.15) is 0 Å². The summed E-state index contributed by atoms with van der Waals surface area (Å²) in [5, 5.41) is 0. The van der Waals surface area contributed by atoms with E-state index in [9.17, 15) is 4.39 Å². The molecule has 0 bridgehead atoms. The van der Waals surface area contributed by atoms with Crippen LogP contribution in [0.5, 0.6) is 0 Å². The molecule has 2 rings (SSSR count). The van der Waals surface area contributed by atoms with Gasteiger partial charge in [-0.15, -0.1) is 6.58 Å². The van der Waals surface area contributed by atoms with Crippen molar-refractivity contribution in [3.63, 3.8) is 0 Å². The summed E-state index contributed by atoms with van der Waals surface area (Å²) in [5.74, 6) is 0.882. The molecule has 1 fully saturated rings. The van der Waals surface area contributed by atoms with Crippen molar-refractivity contribution < 1.29 is 4.39 Å². The second-order valence-corrected chi connectivity index (χ2v) is 4.27. The lowest BCUT2D eigenvalue weighted by Gasteiger charge is -1.99. The molecule has 0 heterocycles. The number of halogens is 2. The second kappa shape index (κ2) is 3.26. The summed E-state index contributed by atoms with van der Waals surface area (Å²) in [5.41, 5.74) is 1.09. The maximum atomic E-state index is 13.1. The maximum Gasteiger partial charge on any atom is 0.137 e. The minimum Gasteiger partial charge on any atom is -0.206 e. The second-order valence-electron chi connectivity index (χ2n) is 3.42. The predicted octanol–water partition coefficient (Wildman–Crippen LogP) is 3.88. The van der Waals surface area contributed by atoms with E-state index in [1.165, 1.54) is 0 Å². The Morgan fingerprint density at radius 2 is 2.31 bits per heavy atom. The summed E-state index contributed by atoms with van der Waals surface area (Å²) in [6.07, 6.45) is 3.06. The van der Waals surface area contributed by atoms with Gasteiger partial charge in [0.1, 0.15) is 5.82 Å². The lowest BCUT2D eigenvalue weighted by molar-refractivity contribution is 0.618. The molecular formula is C11H10BrF. The topological polar surface area (TPSA) is 0 Å². The molecule has 0 radical (unpaired) electrons. The van der Waals surface area contributed by atoms with Crippen molar-refractivity contribution in [3.05, 3.63) is 46.7 Å². The van der Waals surface area contributed by atoms with Gasteiger partial charge in [-0.1, -0.05) is 12.1 Å². The summed E-state index contributed by atoms with van der Waals surface area (Å²) in [6, 6.07) is 5.35. The third-order valence-corrected chi connectivity index (χ3v) is 3.16. The van der Waals surface area contributed by atoms with Crippen LogP contribution in [0.4, 0.5) is 4.39 Å². The largest absolute Gasteiger partial charge is 0.206 e. The van der Waals surface area contributed by atoms with E-state index in [4.69, 9.17) is 0 Å². The van der Waals surface area contributed by atoms with Crippen molar-refractivity contribution in [2.45, 2.75) is 12.3 Å². The van der Waals surface area contributed by atoms with Crippen molar-refractivity contribution in [1.82, 2.24) is 0 Å². The SMILES string of the molecule is C=C[C@H]1C[C@@H]1c1ccc(Br)c(F)c1. The lowest BCUT2D eigenvalue weighted by atomic mass is 10.1. The molecule has 0 spiro atoms. The quantitative estimate of drug-likeness (QED) is 0.689. The minimum atomic E-state index is -0.174. The number of allylic oxidation sites excluding steroid dienone is 1. The highest BCUT2D eigenvalue weighted by Gasteiger charge is 2.35. The van der Waals surface area contributed by atoms with Gasteiger partial charge < -0.3 is 0 Å². The molecule has 13 heavy (non-hydrogen) atoms. The Balaban J connectivity index is 2.23. The molecule has 0 N–H and O–H groups in total. The van der Waals surface area contributed by atoms with Crippen LogP contribution in [0.15, 0.2) is 35.3 Å². The molecule has 0 amide bonds. The van der Waals surface area contributed by atoms with Gasteiger partial charge in [0.05, 0.1) is 4.47 Å². The Morgan fingerprint density at radius 1 is 1.54 bits per heavy atom. The summed E-state index contributed by atoms with van der Waals surface area (Å²) < 4.78 is 13.7. The molecular weight excluding hydrogens is 231 g/mol. The van der Waals surface area contributed by atoms with Crippen molar-refractivity contribution >= 4 is 15.9 Å². The zero-order valence-corrected chi connectivity index (χ0v) is 8.72. The summed E-state index contributed by atoms with van der Waals surface area (Å²) in [6.45, 7) is 3.74. The zero-order valence-electron chi connectivity index (χ0n) is 7.13. The molecule has 0 saturated heterocycles. The van der Waals surface area contributed by atoms with Gasteiger partial charge in [0, 0.05) is 0 Å². The molecule has 0 aromatic heterocycles. The fourth-order valence-electron chi connectivity index (χ4n) is 1.60. The third kappa shape index (κ3) is 1.68. The molecule has 0 aliphatic heterocycles. The van der Waals surface area contributed by atoms with Gasteiger partial charge in [0.15, 0.2) is 0 Å². The highest BCUT2D eigenvalue weighted by Crippen LogP contribution is 2.48. The summed E-state index contributed by atoms with van der Waals surface area (Å²) in [4.78, 5) is 0. The monoisotopic (exact) mass is 240 g/mol. The predicted molar refractivity (Wildman–Crippen MR) is 55.1 cm³/mol. The number of hydrogen-bond donors (Lipinski definition) is 0. The van der Waals surface area contributed by atoms with Crippen molar-refractivity contribution in [1.29, 1.82) is 0 Å². The molecule has 1 saturated carbocycles.